The summed E-state index contributed by atoms with van der Waals surface area (Å²) in [7, 11) is 0. The van der Waals surface area contributed by atoms with Gasteiger partial charge in [0.2, 0.25) is 0 Å². The third-order valence-corrected chi connectivity index (χ3v) is 13.9. The summed E-state index contributed by atoms with van der Waals surface area (Å²) in [5, 5.41) is 2.58. The predicted molar refractivity (Wildman–Crippen MR) is 263 cm³/mol. The van der Waals surface area contributed by atoms with Gasteiger partial charge < -0.3 is 9.47 Å². The van der Waals surface area contributed by atoms with Crippen LogP contribution in [0.15, 0.2) is 237 Å². The predicted octanol–water partition coefficient (Wildman–Crippen LogP) is 16.0. The number of nitrogens with zero attached hydrogens (tertiary/aromatic N) is 2. The van der Waals surface area contributed by atoms with Gasteiger partial charge in [-0.15, -0.1) is 0 Å². The first-order chi connectivity index (χ1) is 31.3. The first kappa shape index (κ1) is 35.8. The van der Waals surface area contributed by atoms with Gasteiger partial charge in [0.25, 0.3) is 0 Å². The molecular formula is C61H42N2. The summed E-state index contributed by atoms with van der Waals surface area (Å²) in [5.41, 5.74) is 20.9. The summed E-state index contributed by atoms with van der Waals surface area (Å²) in [4.78, 5) is 2.49. The van der Waals surface area contributed by atoms with E-state index in [0.717, 1.165) is 23.5 Å². The highest BCUT2D eigenvalue weighted by Crippen LogP contribution is 2.64. The SMILES string of the molecule is C1=CCC(n2c3ccccc3c3cc(-c4ccc(N(c5cccc(-c6ccccc6)c5)c5cccc6c5-c5ccccc5C65c6ccccc6-c6ccccc65)cc4)ccc32)C=C1. The van der Waals surface area contributed by atoms with E-state index in [1.165, 1.54) is 88.6 Å². The summed E-state index contributed by atoms with van der Waals surface area (Å²) < 4.78 is 2.52. The average molecular weight is 803 g/mol. The van der Waals surface area contributed by atoms with E-state index in [2.05, 4.69) is 246 Å². The van der Waals surface area contributed by atoms with E-state index in [1.807, 2.05) is 0 Å². The maximum atomic E-state index is 2.52. The average Bonchev–Trinajstić information content (AvgIpc) is 3.97. The van der Waals surface area contributed by atoms with Crippen LogP contribution in [0.1, 0.15) is 34.7 Å². The molecule has 0 saturated heterocycles. The van der Waals surface area contributed by atoms with E-state index in [9.17, 15) is 0 Å². The number of hydrogen-bond donors (Lipinski definition) is 0. The molecule has 9 aromatic carbocycles. The molecule has 1 heterocycles. The molecule has 1 unspecified atom stereocenters. The highest BCUT2D eigenvalue weighted by atomic mass is 15.1. The van der Waals surface area contributed by atoms with Crippen LogP contribution in [0, 0.1) is 0 Å². The van der Waals surface area contributed by atoms with E-state index in [4.69, 9.17) is 0 Å². The maximum Gasteiger partial charge on any atom is 0.0726 e. The molecule has 0 N–H and O–H groups in total. The van der Waals surface area contributed by atoms with Crippen LogP contribution in [0.25, 0.3) is 66.3 Å². The van der Waals surface area contributed by atoms with Crippen LogP contribution >= 0.6 is 0 Å². The van der Waals surface area contributed by atoms with Gasteiger partial charge >= 0.3 is 0 Å². The lowest BCUT2D eigenvalue weighted by molar-refractivity contribution is 0.648. The maximum absolute atomic E-state index is 2.52. The Bertz CT molecular complexity index is 3450. The molecule has 3 aliphatic carbocycles. The number of aromatic nitrogens is 1. The number of anilines is 3. The molecule has 296 valence electrons. The van der Waals surface area contributed by atoms with Crippen molar-refractivity contribution in [3.05, 3.63) is 259 Å². The number of hydrogen-bond acceptors (Lipinski definition) is 1. The molecule has 2 heteroatoms. The Labute approximate surface area is 368 Å². The number of para-hydroxylation sites is 1. The first-order valence-electron chi connectivity index (χ1n) is 22.1. The molecule has 0 amide bonds. The highest BCUT2D eigenvalue weighted by molar-refractivity contribution is 6.09. The van der Waals surface area contributed by atoms with Crippen molar-refractivity contribution >= 4 is 38.9 Å². The minimum Gasteiger partial charge on any atom is -0.333 e. The van der Waals surface area contributed by atoms with Crippen LogP contribution < -0.4 is 4.90 Å². The van der Waals surface area contributed by atoms with Crippen molar-refractivity contribution in [1.29, 1.82) is 0 Å². The molecule has 0 bridgehead atoms. The fraction of sp³-hybridized carbons (Fsp3) is 0.0492. The Morgan fingerprint density at radius 3 is 1.76 bits per heavy atom. The molecule has 0 saturated carbocycles. The van der Waals surface area contributed by atoms with Gasteiger partial charge in [0.15, 0.2) is 0 Å². The molecule has 13 rings (SSSR count). The van der Waals surface area contributed by atoms with Crippen molar-refractivity contribution in [1.82, 2.24) is 4.57 Å². The zero-order valence-corrected chi connectivity index (χ0v) is 34.7. The topological polar surface area (TPSA) is 8.17 Å². The van der Waals surface area contributed by atoms with Crippen LogP contribution in [-0.2, 0) is 5.41 Å². The normalized spacial score (nSPS) is 15.1. The third-order valence-electron chi connectivity index (χ3n) is 13.9. The zero-order valence-electron chi connectivity index (χ0n) is 34.7. The van der Waals surface area contributed by atoms with Crippen molar-refractivity contribution < 1.29 is 0 Å². The summed E-state index contributed by atoms with van der Waals surface area (Å²) >= 11 is 0. The summed E-state index contributed by atoms with van der Waals surface area (Å²) in [6, 6.07) is 79.4. The van der Waals surface area contributed by atoms with Gasteiger partial charge in [-0.2, -0.15) is 0 Å². The van der Waals surface area contributed by atoms with Crippen molar-refractivity contribution in [2.75, 3.05) is 4.90 Å². The monoisotopic (exact) mass is 802 g/mol. The smallest absolute Gasteiger partial charge is 0.0726 e. The van der Waals surface area contributed by atoms with E-state index in [1.54, 1.807) is 0 Å². The molecule has 0 radical (unpaired) electrons. The molecule has 1 aromatic heterocycles. The third kappa shape index (κ3) is 5.25. The molecule has 2 nitrogen and oxygen atoms in total. The van der Waals surface area contributed by atoms with Crippen molar-refractivity contribution in [2.24, 2.45) is 0 Å². The Balaban J connectivity index is 0.997. The molecule has 1 spiro atoms. The lowest BCUT2D eigenvalue weighted by Crippen LogP contribution is -2.26. The van der Waals surface area contributed by atoms with E-state index in [-0.39, 0.29) is 0 Å². The second-order valence-electron chi connectivity index (χ2n) is 17.1. The Morgan fingerprint density at radius 2 is 1.00 bits per heavy atom. The Hall–Kier alpha value is -7.94. The highest BCUT2D eigenvalue weighted by Gasteiger charge is 2.52. The van der Waals surface area contributed by atoms with Gasteiger partial charge in [0, 0.05) is 38.7 Å². The van der Waals surface area contributed by atoms with Gasteiger partial charge in [-0.3, -0.25) is 0 Å². The van der Waals surface area contributed by atoms with Gasteiger partial charge in [-0.25, -0.2) is 0 Å². The molecule has 63 heavy (non-hydrogen) atoms. The summed E-state index contributed by atoms with van der Waals surface area (Å²) in [5.74, 6) is 0. The number of benzene rings is 9. The minimum atomic E-state index is -0.428. The summed E-state index contributed by atoms with van der Waals surface area (Å²) in [6.45, 7) is 0. The quantitative estimate of drug-likeness (QED) is 0.163. The fourth-order valence-corrected chi connectivity index (χ4v) is 11.3. The molecule has 0 fully saturated rings. The van der Waals surface area contributed by atoms with Crippen molar-refractivity contribution in [2.45, 2.75) is 17.9 Å². The largest absolute Gasteiger partial charge is 0.333 e. The van der Waals surface area contributed by atoms with Gasteiger partial charge in [0.1, 0.15) is 0 Å². The first-order valence-corrected chi connectivity index (χ1v) is 22.1. The molecule has 0 aliphatic heterocycles. The second-order valence-corrected chi connectivity index (χ2v) is 17.1. The molecular weight excluding hydrogens is 761 g/mol. The number of rotatable bonds is 6. The standard InChI is InChI=1S/C61H42N2/c1-3-17-41(18-4-1)43-19-15-22-47(39-43)62(46-36-33-42(34-37-46)44-35-38-58-52(40-44)50-25-10-14-31-57(50)63(58)45-20-5-2-6-21-45)59-32-16-30-56-60(59)51-26-9-13-29-55(51)61(56)53-27-11-7-23-48(53)49-24-8-12-28-54(49)61/h1-20,22-40,45H,21H2. The molecule has 10 aromatic rings. The Kier molecular flexibility index (Phi) is 7.98. The van der Waals surface area contributed by atoms with Crippen LogP contribution in [0.4, 0.5) is 17.1 Å². The summed E-state index contributed by atoms with van der Waals surface area (Å²) in [6.07, 6.45) is 9.93. The van der Waals surface area contributed by atoms with Gasteiger partial charge in [-0.05, 0) is 116 Å². The lowest BCUT2D eigenvalue weighted by atomic mass is 9.70. The van der Waals surface area contributed by atoms with Crippen LogP contribution in [0.2, 0.25) is 0 Å². The van der Waals surface area contributed by atoms with E-state index in [0.29, 0.717) is 6.04 Å². The molecule has 1 atom stereocenters. The molecule has 3 aliphatic rings. The minimum absolute atomic E-state index is 0.299. The van der Waals surface area contributed by atoms with Crippen LogP contribution in [-0.4, -0.2) is 4.57 Å². The van der Waals surface area contributed by atoms with Crippen molar-refractivity contribution in [3.8, 4) is 44.5 Å². The van der Waals surface area contributed by atoms with E-state index < -0.39 is 5.41 Å². The second kappa shape index (κ2) is 14.1. The van der Waals surface area contributed by atoms with Gasteiger partial charge in [-0.1, -0.05) is 188 Å². The van der Waals surface area contributed by atoms with Crippen molar-refractivity contribution in [3.63, 3.8) is 0 Å². The Morgan fingerprint density at radius 1 is 0.413 bits per heavy atom. The van der Waals surface area contributed by atoms with Crippen LogP contribution in [0.5, 0.6) is 0 Å². The van der Waals surface area contributed by atoms with E-state index >= 15 is 0 Å². The lowest BCUT2D eigenvalue weighted by Gasteiger charge is -2.32. The van der Waals surface area contributed by atoms with Gasteiger partial charge in [0.05, 0.1) is 17.1 Å². The van der Waals surface area contributed by atoms with Crippen LogP contribution in [0.3, 0.4) is 0 Å². The zero-order chi connectivity index (χ0) is 41.5. The fourth-order valence-electron chi connectivity index (χ4n) is 11.3. The number of allylic oxidation sites excluding steroid dienone is 4. The number of fused-ring (bicyclic) bond motifs is 13.